The van der Waals surface area contributed by atoms with Crippen LogP contribution in [0.4, 0.5) is 0 Å². The van der Waals surface area contributed by atoms with Gasteiger partial charge in [0.25, 0.3) is 0 Å². The number of nitrogens with zero attached hydrogens (tertiary/aromatic N) is 3. The van der Waals surface area contributed by atoms with Gasteiger partial charge in [-0.15, -0.1) is 0 Å². The van der Waals surface area contributed by atoms with E-state index in [1.807, 2.05) is 30.3 Å². The second-order valence-electron chi connectivity index (χ2n) is 6.45. The molecule has 1 saturated heterocycles. The van der Waals surface area contributed by atoms with Gasteiger partial charge in [0.05, 0.1) is 6.61 Å². The Bertz CT molecular complexity index is 669. The lowest BCUT2D eigenvalue weighted by molar-refractivity contribution is -0.153. The number of hydrogen-bond acceptors (Lipinski definition) is 6. The molecule has 7 heteroatoms. The predicted molar refractivity (Wildman–Crippen MR) is 98.6 cm³/mol. The molecule has 0 bridgehead atoms. The largest absolute Gasteiger partial charge is 0.465 e. The molecule has 1 aromatic carbocycles. The number of aliphatic imine (C=N–C) groups is 1. The molecule has 1 fully saturated rings. The zero-order valence-electron chi connectivity index (χ0n) is 15.4. The molecule has 0 aromatic heterocycles. The Hall–Kier alpha value is -2.41. The van der Waals surface area contributed by atoms with E-state index >= 15 is 0 Å². The van der Waals surface area contributed by atoms with Crippen molar-refractivity contribution in [3.63, 3.8) is 0 Å². The quantitative estimate of drug-likeness (QED) is 0.643. The minimum atomic E-state index is -0.960. The smallest absolute Gasteiger partial charge is 0.321 e. The number of guanidine groups is 1. The van der Waals surface area contributed by atoms with Crippen LogP contribution in [0.2, 0.25) is 0 Å². The molecule has 0 unspecified atom stereocenters. The summed E-state index contributed by atoms with van der Waals surface area (Å²) in [4.78, 5) is 34.3. The highest BCUT2D eigenvalue weighted by molar-refractivity contribution is 6.08. The van der Waals surface area contributed by atoms with Crippen LogP contribution in [0.5, 0.6) is 0 Å². The highest BCUT2D eigenvalue weighted by atomic mass is 16.5. The summed E-state index contributed by atoms with van der Waals surface area (Å²) >= 11 is 0. The summed E-state index contributed by atoms with van der Waals surface area (Å²) in [6, 6.07) is 8.90. The van der Waals surface area contributed by atoms with Gasteiger partial charge in [-0.3, -0.25) is 14.9 Å². The van der Waals surface area contributed by atoms with Crippen molar-refractivity contribution >= 4 is 17.8 Å². The second kappa shape index (κ2) is 8.31. The van der Waals surface area contributed by atoms with Gasteiger partial charge >= 0.3 is 5.97 Å². The van der Waals surface area contributed by atoms with E-state index in [1.54, 1.807) is 6.92 Å². The predicted octanol–water partition coefficient (Wildman–Crippen LogP) is 1.03. The highest BCUT2D eigenvalue weighted by Gasteiger charge is 2.42. The molecule has 3 rings (SSSR count). The second-order valence-corrected chi connectivity index (χ2v) is 6.45. The Morgan fingerprint density at radius 2 is 1.88 bits per heavy atom. The number of carbonyl (C=O) groups is 2. The van der Waals surface area contributed by atoms with Crippen molar-refractivity contribution in [2.45, 2.75) is 19.9 Å². The monoisotopic (exact) mass is 358 g/mol. The van der Waals surface area contributed by atoms with E-state index in [-0.39, 0.29) is 12.5 Å². The Balaban J connectivity index is 1.88. The van der Waals surface area contributed by atoms with Crippen LogP contribution in [0.3, 0.4) is 0 Å². The van der Waals surface area contributed by atoms with Gasteiger partial charge in [-0.05, 0) is 19.0 Å². The average molecular weight is 358 g/mol. The molecule has 0 saturated carbocycles. The number of piperazine rings is 1. The molecule has 7 nitrogen and oxygen atoms in total. The number of rotatable bonds is 4. The summed E-state index contributed by atoms with van der Waals surface area (Å²) in [5, 5.41) is 2.83. The van der Waals surface area contributed by atoms with E-state index in [0.717, 1.165) is 38.3 Å². The fourth-order valence-electron chi connectivity index (χ4n) is 3.39. The third kappa shape index (κ3) is 3.88. The van der Waals surface area contributed by atoms with Crippen molar-refractivity contribution < 1.29 is 14.3 Å². The van der Waals surface area contributed by atoms with Gasteiger partial charge in [-0.25, -0.2) is 4.99 Å². The molecular weight excluding hydrogens is 332 g/mol. The summed E-state index contributed by atoms with van der Waals surface area (Å²) in [7, 11) is 0. The van der Waals surface area contributed by atoms with Crippen LogP contribution in [0.15, 0.2) is 35.3 Å². The Morgan fingerprint density at radius 3 is 2.50 bits per heavy atom. The molecule has 1 N–H and O–H groups in total. The first-order valence-electron chi connectivity index (χ1n) is 9.21. The first-order valence-corrected chi connectivity index (χ1v) is 9.21. The summed E-state index contributed by atoms with van der Waals surface area (Å²) in [5.74, 6) is -1.28. The SMILES string of the molecule is CCOC(=O)[C@H]1C(=O)NC(N2CCN(CC)CC2)=N[C@H]1c1ccccc1. The maximum atomic E-state index is 12.7. The summed E-state index contributed by atoms with van der Waals surface area (Å²) in [6.45, 7) is 8.61. The first-order chi connectivity index (χ1) is 12.6. The van der Waals surface area contributed by atoms with Crippen LogP contribution in [-0.2, 0) is 14.3 Å². The van der Waals surface area contributed by atoms with Crippen LogP contribution in [-0.4, -0.2) is 67.0 Å². The normalized spacial score (nSPS) is 24.0. The molecule has 2 aliphatic rings. The zero-order valence-corrected chi connectivity index (χ0v) is 15.4. The fraction of sp³-hybridized carbons (Fsp3) is 0.526. The minimum absolute atomic E-state index is 0.236. The molecule has 2 atom stereocenters. The number of ether oxygens (including phenoxy) is 1. The average Bonchev–Trinajstić information content (AvgIpc) is 2.68. The van der Waals surface area contributed by atoms with Gasteiger partial charge in [-0.1, -0.05) is 37.3 Å². The molecule has 0 radical (unpaired) electrons. The highest BCUT2D eigenvalue weighted by Crippen LogP contribution is 2.30. The number of benzene rings is 1. The van der Waals surface area contributed by atoms with E-state index < -0.39 is 17.9 Å². The summed E-state index contributed by atoms with van der Waals surface area (Å²) < 4.78 is 5.12. The Kier molecular flexibility index (Phi) is 5.88. The Labute approximate surface area is 154 Å². The summed E-state index contributed by atoms with van der Waals surface area (Å²) in [6.07, 6.45) is 0. The first kappa shape index (κ1) is 18.4. The van der Waals surface area contributed by atoms with Gasteiger partial charge < -0.3 is 14.5 Å². The molecule has 0 spiro atoms. The summed E-state index contributed by atoms with van der Waals surface area (Å²) in [5.41, 5.74) is 0.838. The van der Waals surface area contributed by atoms with Crippen molar-refractivity contribution in [1.29, 1.82) is 0 Å². The van der Waals surface area contributed by atoms with Gasteiger partial charge in [0.15, 0.2) is 5.92 Å². The van der Waals surface area contributed by atoms with Crippen LogP contribution in [0, 0.1) is 5.92 Å². The van der Waals surface area contributed by atoms with E-state index in [0.29, 0.717) is 5.96 Å². The Morgan fingerprint density at radius 1 is 1.19 bits per heavy atom. The van der Waals surface area contributed by atoms with Crippen molar-refractivity contribution in [3.8, 4) is 0 Å². The van der Waals surface area contributed by atoms with Crippen LogP contribution < -0.4 is 5.32 Å². The molecule has 140 valence electrons. The lowest BCUT2D eigenvalue weighted by Gasteiger charge is -2.38. The number of carbonyl (C=O) groups excluding carboxylic acids is 2. The number of nitrogens with one attached hydrogen (secondary N) is 1. The van der Waals surface area contributed by atoms with Gasteiger partial charge in [0, 0.05) is 26.2 Å². The van der Waals surface area contributed by atoms with Crippen LogP contribution in [0.25, 0.3) is 0 Å². The third-order valence-electron chi connectivity index (χ3n) is 4.90. The van der Waals surface area contributed by atoms with Crippen molar-refractivity contribution in [3.05, 3.63) is 35.9 Å². The zero-order chi connectivity index (χ0) is 18.5. The maximum absolute atomic E-state index is 12.7. The van der Waals surface area contributed by atoms with Crippen LogP contribution >= 0.6 is 0 Å². The van der Waals surface area contributed by atoms with Crippen LogP contribution in [0.1, 0.15) is 25.5 Å². The molecular formula is C19H26N4O3. The standard InChI is InChI=1S/C19H26N4O3/c1-3-22-10-12-23(13-11-22)19-20-16(14-8-6-5-7-9-14)15(17(24)21-19)18(25)26-4-2/h5-9,15-16H,3-4,10-13H2,1-2H3,(H,20,21,24)/t15-,16+/m1/s1. The number of likely N-dealkylation sites (N-methyl/N-ethyl adjacent to an activating group) is 1. The molecule has 26 heavy (non-hydrogen) atoms. The van der Waals surface area contributed by atoms with Crippen molar-refractivity contribution in [2.75, 3.05) is 39.3 Å². The fourth-order valence-corrected chi connectivity index (χ4v) is 3.39. The van der Waals surface area contributed by atoms with Crippen molar-refractivity contribution in [2.24, 2.45) is 10.9 Å². The minimum Gasteiger partial charge on any atom is -0.465 e. The number of hydrogen-bond donors (Lipinski definition) is 1. The molecule has 2 heterocycles. The molecule has 0 aliphatic carbocycles. The molecule has 1 aromatic rings. The topological polar surface area (TPSA) is 74.2 Å². The van der Waals surface area contributed by atoms with E-state index in [4.69, 9.17) is 9.73 Å². The van der Waals surface area contributed by atoms with Gasteiger partial charge in [0.1, 0.15) is 6.04 Å². The lowest BCUT2D eigenvalue weighted by atomic mass is 9.91. The van der Waals surface area contributed by atoms with E-state index in [2.05, 4.69) is 22.0 Å². The number of amides is 1. The maximum Gasteiger partial charge on any atom is 0.321 e. The van der Waals surface area contributed by atoms with E-state index in [9.17, 15) is 9.59 Å². The number of esters is 1. The molecule has 2 aliphatic heterocycles. The lowest BCUT2D eigenvalue weighted by Crippen LogP contribution is -2.57. The van der Waals surface area contributed by atoms with E-state index in [1.165, 1.54) is 0 Å². The third-order valence-corrected chi connectivity index (χ3v) is 4.90. The van der Waals surface area contributed by atoms with Gasteiger partial charge in [0.2, 0.25) is 11.9 Å². The molecule has 1 amide bonds. The van der Waals surface area contributed by atoms with Gasteiger partial charge in [-0.2, -0.15) is 0 Å². The van der Waals surface area contributed by atoms with Crippen molar-refractivity contribution in [1.82, 2.24) is 15.1 Å².